The molecule has 52 valence electrons. The van der Waals surface area contributed by atoms with Crippen LogP contribution in [0.5, 0.6) is 0 Å². The molecule has 0 aromatic carbocycles. The van der Waals surface area contributed by atoms with Crippen molar-refractivity contribution in [2.24, 2.45) is 0 Å². The third-order valence-electron chi connectivity index (χ3n) is 0.463. The molecule has 0 unspecified atom stereocenters. The van der Waals surface area contributed by atoms with Crippen LogP contribution in [0.25, 0.3) is 0 Å². The summed E-state index contributed by atoms with van der Waals surface area (Å²) in [6.07, 6.45) is 1.46. The quantitative estimate of drug-likeness (QED) is 0.547. The third-order valence-corrected chi connectivity index (χ3v) is 2.75. The Morgan fingerprint density at radius 2 is 2.33 bits per heavy atom. The van der Waals surface area contributed by atoms with Crippen LogP contribution in [0.2, 0.25) is 0 Å². The normalized spacial score (nSPS) is 9.22. The van der Waals surface area contributed by atoms with Crippen molar-refractivity contribution < 1.29 is 9.53 Å². The topological polar surface area (TPSA) is 26.3 Å². The molecule has 0 aliphatic carbocycles. The summed E-state index contributed by atoms with van der Waals surface area (Å²) in [6.45, 7) is 3.53. The van der Waals surface area contributed by atoms with Crippen molar-refractivity contribution in [3.05, 3.63) is 12.7 Å². The maximum atomic E-state index is 10.4. The Morgan fingerprint density at radius 3 is 2.67 bits per heavy atom. The van der Waals surface area contributed by atoms with Crippen LogP contribution in [0.4, 0.5) is 4.79 Å². The van der Waals surface area contributed by atoms with E-state index in [0.717, 1.165) is 0 Å². The Hall–Kier alpha value is 0.348. The number of hydrogen-bond donors (Lipinski definition) is 0. The summed E-state index contributed by atoms with van der Waals surface area (Å²) >= 11 is -2.32. The average molecular weight is 231 g/mol. The molecule has 0 radical (unpaired) electrons. The molecule has 0 amide bonds. The van der Waals surface area contributed by atoms with Crippen LogP contribution in [-0.2, 0) is 4.74 Å². The van der Waals surface area contributed by atoms with E-state index in [1.165, 1.54) is 6.08 Å². The van der Waals surface area contributed by atoms with Crippen molar-refractivity contribution in [3.8, 4) is 0 Å². The Bertz CT molecular complexity index is 115. The van der Waals surface area contributed by atoms with Gasteiger partial charge in [0, 0.05) is 0 Å². The van der Waals surface area contributed by atoms with Crippen molar-refractivity contribution in [2.45, 2.75) is 0 Å². The van der Waals surface area contributed by atoms with Crippen molar-refractivity contribution in [1.29, 1.82) is 0 Å². The summed E-state index contributed by atoms with van der Waals surface area (Å²) in [6, 6.07) is 0. The molecule has 0 fully saturated rings. The van der Waals surface area contributed by atoms with E-state index in [0.29, 0.717) is 0 Å². The molecule has 0 saturated carbocycles. The molecule has 0 saturated heterocycles. The molecule has 5 heteroatoms. The molecule has 0 bridgehead atoms. The average Bonchev–Trinajstić information content (AvgIpc) is 1.82. The zero-order valence-corrected chi connectivity index (χ0v) is 7.90. The molecule has 0 aliphatic rings. The number of ether oxygens (including phenoxy) is 1. The zero-order chi connectivity index (χ0) is 7.28. The van der Waals surface area contributed by atoms with Crippen LogP contribution in [0.3, 0.4) is 0 Å². The van der Waals surface area contributed by atoms with Gasteiger partial charge >= 0.3 is 66.2 Å². The van der Waals surface area contributed by atoms with E-state index in [9.17, 15) is 4.79 Å². The van der Waals surface area contributed by atoms with Gasteiger partial charge in [-0.15, -0.1) is 0 Å². The number of carbonyl (C=O) groups excluding carboxylic acids is 1. The van der Waals surface area contributed by atoms with E-state index in [2.05, 4.69) is 11.3 Å². The van der Waals surface area contributed by atoms with Gasteiger partial charge in [-0.2, -0.15) is 0 Å². The van der Waals surface area contributed by atoms with Gasteiger partial charge in [0.2, 0.25) is 0 Å². The Labute approximate surface area is 66.3 Å². The van der Waals surface area contributed by atoms with Gasteiger partial charge in [0.15, 0.2) is 0 Å². The van der Waals surface area contributed by atoms with Crippen molar-refractivity contribution in [1.82, 2.24) is 0 Å². The first-order chi connectivity index (χ1) is 4.18. The van der Waals surface area contributed by atoms with Gasteiger partial charge in [-0.3, -0.25) is 0 Å². The fourth-order valence-electron chi connectivity index (χ4n) is 0.179. The molecule has 0 N–H and O–H groups in total. The van der Waals surface area contributed by atoms with E-state index >= 15 is 0 Å². The first-order valence-corrected chi connectivity index (χ1v) is 7.95. The zero-order valence-electron chi connectivity index (χ0n) is 4.51. The minimum atomic E-state index is -2.32. The van der Waals surface area contributed by atoms with E-state index < -0.39 is 17.5 Å². The van der Waals surface area contributed by atoms with Crippen molar-refractivity contribution >= 4 is 37.4 Å². The van der Waals surface area contributed by atoms with Gasteiger partial charge in [-0.05, 0) is 0 Å². The van der Waals surface area contributed by atoms with Crippen LogP contribution >= 0.6 is 19.9 Å². The van der Waals surface area contributed by atoms with E-state index in [1.54, 1.807) is 0 Å². The second kappa shape index (κ2) is 5.16. The predicted molar refractivity (Wildman–Crippen MR) is 39.0 cm³/mol. The molecular weight excluding hydrogens is 226 g/mol. The van der Waals surface area contributed by atoms with E-state index in [4.69, 9.17) is 19.9 Å². The molecule has 0 heterocycles. The molecule has 0 aromatic heterocycles. The van der Waals surface area contributed by atoms with Gasteiger partial charge in [0.25, 0.3) is 0 Å². The monoisotopic (exact) mass is 230 g/mol. The van der Waals surface area contributed by atoms with Gasteiger partial charge in [0.1, 0.15) is 0 Å². The fraction of sp³-hybridized carbons (Fsp3) is 0.250. The molecule has 0 atom stereocenters. The molecule has 9 heavy (non-hydrogen) atoms. The molecular formula is C4H5AsCl2O2. The number of carbonyl (C=O) groups is 1. The molecule has 2 nitrogen and oxygen atoms in total. The van der Waals surface area contributed by atoms with E-state index in [1.807, 2.05) is 0 Å². The summed E-state index contributed by atoms with van der Waals surface area (Å²) in [4.78, 5) is 10.4. The fourth-order valence-corrected chi connectivity index (χ4v) is 1.05. The standard InChI is InChI=1S/C4H5AsCl2O2/c1-2-3-9-4(8)5(6)7/h2H,1,3H2. The van der Waals surface area contributed by atoms with E-state index in [-0.39, 0.29) is 6.61 Å². The van der Waals surface area contributed by atoms with Crippen LogP contribution in [0.15, 0.2) is 12.7 Å². The third kappa shape index (κ3) is 4.83. The van der Waals surface area contributed by atoms with Gasteiger partial charge in [-0.25, -0.2) is 0 Å². The predicted octanol–water partition coefficient (Wildman–Crippen LogP) is 1.86. The Kier molecular flexibility index (Phi) is 5.36. The van der Waals surface area contributed by atoms with Gasteiger partial charge < -0.3 is 0 Å². The second-order valence-electron chi connectivity index (χ2n) is 1.10. The second-order valence-corrected chi connectivity index (χ2v) is 7.25. The summed E-state index contributed by atoms with van der Waals surface area (Å²) in [5.41, 5.74) is 0. The maximum absolute atomic E-state index is 10.4. The SMILES string of the molecule is C=CCOC(=O)[As](Cl)Cl. The Morgan fingerprint density at radius 1 is 1.78 bits per heavy atom. The summed E-state index contributed by atoms with van der Waals surface area (Å²) in [5.74, 6) is 0. The summed E-state index contributed by atoms with van der Waals surface area (Å²) in [7, 11) is 10.5. The van der Waals surface area contributed by atoms with Crippen LogP contribution in [0.1, 0.15) is 0 Å². The molecule has 0 aromatic rings. The number of hydrogen-bond acceptors (Lipinski definition) is 2. The van der Waals surface area contributed by atoms with Crippen LogP contribution < -0.4 is 0 Å². The molecule has 0 rings (SSSR count). The van der Waals surface area contributed by atoms with Crippen LogP contribution in [0, 0.1) is 0 Å². The first-order valence-electron chi connectivity index (χ1n) is 2.08. The summed E-state index contributed by atoms with van der Waals surface area (Å²) < 4.78 is 4.00. The Balaban J connectivity index is 3.38. The number of halogens is 2. The van der Waals surface area contributed by atoms with Crippen molar-refractivity contribution in [2.75, 3.05) is 6.61 Å². The molecule has 0 aliphatic heterocycles. The summed E-state index contributed by atoms with van der Waals surface area (Å²) in [5, 5.41) is 0. The van der Waals surface area contributed by atoms with Gasteiger partial charge in [-0.1, -0.05) is 0 Å². The first kappa shape index (κ1) is 9.35. The van der Waals surface area contributed by atoms with Crippen LogP contribution in [-0.4, -0.2) is 24.1 Å². The molecule has 0 spiro atoms. The van der Waals surface area contributed by atoms with Crippen molar-refractivity contribution in [3.63, 3.8) is 0 Å². The minimum absolute atomic E-state index is 0.184. The van der Waals surface area contributed by atoms with Gasteiger partial charge in [0.05, 0.1) is 0 Å². The number of rotatable bonds is 3.